The average molecular weight is 279 g/mol. The van der Waals surface area contributed by atoms with Gasteiger partial charge in [-0.3, -0.25) is 4.79 Å². The topological polar surface area (TPSA) is 109 Å². The maximum atomic E-state index is 11.4. The number of anilines is 3. The number of rotatable bonds is 5. The lowest BCUT2D eigenvalue weighted by atomic mass is 10.1. The van der Waals surface area contributed by atoms with Crippen LogP contribution in [-0.4, -0.2) is 46.5 Å². The molecule has 0 saturated carbocycles. The summed E-state index contributed by atoms with van der Waals surface area (Å²) in [4.78, 5) is 26.4. The third-order valence-corrected chi connectivity index (χ3v) is 3.28. The molecule has 1 fully saturated rings. The third kappa shape index (κ3) is 3.06. The predicted molar refractivity (Wildman–Crippen MR) is 77.7 cm³/mol. The fourth-order valence-electron chi connectivity index (χ4n) is 1.93. The van der Waals surface area contributed by atoms with Crippen molar-refractivity contribution in [1.29, 1.82) is 0 Å². The van der Waals surface area contributed by atoms with Gasteiger partial charge in [0.2, 0.25) is 23.8 Å². The molecule has 1 saturated heterocycles. The van der Waals surface area contributed by atoms with E-state index in [2.05, 4.69) is 30.5 Å². The molecule has 0 spiro atoms. The van der Waals surface area contributed by atoms with Crippen LogP contribution in [-0.2, 0) is 4.79 Å². The second kappa shape index (κ2) is 5.48. The Balaban J connectivity index is 2.28. The van der Waals surface area contributed by atoms with E-state index in [1.54, 1.807) is 20.9 Å². The molecular formula is C12H21N7O. The molecule has 8 nitrogen and oxygen atoms in total. The highest BCUT2D eigenvalue weighted by molar-refractivity contribution is 5.86. The molecule has 1 aliphatic rings. The van der Waals surface area contributed by atoms with Gasteiger partial charge in [-0.25, -0.2) is 0 Å². The number of nitrogens with two attached hydrogens (primary N) is 1. The van der Waals surface area contributed by atoms with E-state index in [-0.39, 0.29) is 0 Å². The van der Waals surface area contributed by atoms with Crippen LogP contribution in [0.2, 0.25) is 0 Å². The lowest BCUT2D eigenvalue weighted by molar-refractivity contribution is -0.121. The zero-order chi connectivity index (χ0) is 14.8. The number of carbonyl (C=O) groups excluding carboxylic acids is 1. The van der Waals surface area contributed by atoms with Gasteiger partial charge in [0.1, 0.15) is 5.54 Å². The number of hydrogen-bond donors (Lipinski definition) is 3. The molecule has 0 radical (unpaired) electrons. The number of nitrogens with zero attached hydrogens (tertiary/aromatic N) is 4. The smallest absolute Gasteiger partial charge is 0.242 e. The molecule has 2 rings (SSSR count). The number of nitrogens with one attached hydrogen (secondary N) is 2. The monoisotopic (exact) mass is 279 g/mol. The quantitative estimate of drug-likeness (QED) is 0.705. The first-order chi connectivity index (χ1) is 9.42. The lowest BCUT2D eigenvalue weighted by Gasteiger charge is -2.23. The van der Waals surface area contributed by atoms with Gasteiger partial charge in [0, 0.05) is 20.1 Å². The van der Waals surface area contributed by atoms with E-state index in [0.29, 0.717) is 17.8 Å². The summed E-state index contributed by atoms with van der Waals surface area (Å²) >= 11 is 0. The van der Waals surface area contributed by atoms with Crippen LogP contribution in [0, 0.1) is 0 Å². The van der Waals surface area contributed by atoms with Crippen LogP contribution in [0.1, 0.15) is 26.7 Å². The van der Waals surface area contributed by atoms with Crippen LogP contribution in [0.4, 0.5) is 17.8 Å². The molecule has 1 aromatic heterocycles. The molecular weight excluding hydrogens is 258 g/mol. The van der Waals surface area contributed by atoms with Crippen molar-refractivity contribution in [2.24, 2.45) is 5.73 Å². The Kier molecular flexibility index (Phi) is 3.91. The van der Waals surface area contributed by atoms with Gasteiger partial charge in [-0.15, -0.1) is 0 Å². The van der Waals surface area contributed by atoms with Crippen LogP contribution in [0.25, 0.3) is 0 Å². The average Bonchev–Trinajstić information content (AvgIpc) is 2.91. The minimum absolute atomic E-state index is 0.343. The Labute approximate surface area is 118 Å². The van der Waals surface area contributed by atoms with Crippen LogP contribution >= 0.6 is 0 Å². The SMILES string of the molecule is CNc1nc(NC(C)(C)C(N)=O)nc(N2CCCC2)n1. The number of primary amides is 1. The van der Waals surface area contributed by atoms with Crippen molar-refractivity contribution in [1.82, 2.24) is 15.0 Å². The summed E-state index contributed by atoms with van der Waals surface area (Å²) in [7, 11) is 1.74. The van der Waals surface area contributed by atoms with E-state index in [4.69, 9.17) is 5.73 Å². The summed E-state index contributed by atoms with van der Waals surface area (Å²) < 4.78 is 0. The predicted octanol–water partition coefficient (Wildman–Crippen LogP) is 0.189. The summed E-state index contributed by atoms with van der Waals surface area (Å²) in [6.45, 7) is 5.25. The van der Waals surface area contributed by atoms with Crippen molar-refractivity contribution in [3.63, 3.8) is 0 Å². The molecule has 0 aliphatic carbocycles. The molecule has 1 aliphatic heterocycles. The first-order valence-corrected chi connectivity index (χ1v) is 6.69. The Morgan fingerprint density at radius 3 is 2.35 bits per heavy atom. The number of carbonyl (C=O) groups is 1. The van der Waals surface area contributed by atoms with E-state index < -0.39 is 11.4 Å². The first-order valence-electron chi connectivity index (χ1n) is 6.69. The van der Waals surface area contributed by atoms with Crippen molar-refractivity contribution in [3.05, 3.63) is 0 Å². The molecule has 2 heterocycles. The minimum atomic E-state index is -0.922. The second-order valence-corrected chi connectivity index (χ2v) is 5.34. The second-order valence-electron chi connectivity index (χ2n) is 5.34. The number of amides is 1. The molecule has 110 valence electrons. The molecule has 0 bridgehead atoms. The normalized spacial score (nSPS) is 15.2. The third-order valence-electron chi connectivity index (χ3n) is 3.28. The van der Waals surface area contributed by atoms with Gasteiger partial charge in [0.05, 0.1) is 0 Å². The maximum absolute atomic E-state index is 11.4. The zero-order valence-electron chi connectivity index (χ0n) is 12.1. The first kappa shape index (κ1) is 14.3. The summed E-state index contributed by atoms with van der Waals surface area (Å²) in [6.07, 6.45) is 2.27. The Morgan fingerprint density at radius 1 is 1.20 bits per heavy atom. The summed E-state index contributed by atoms with van der Waals surface area (Å²) in [5.41, 5.74) is 4.43. The highest BCUT2D eigenvalue weighted by Gasteiger charge is 2.26. The molecule has 0 aromatic carbocycles. The van der Waals surface area contributed by atoms with Crippen molar-refractivity contribution in [3.8, 4) is 0 Å². The van der Waals surface area contributed by atoms with Crippen LogP contribution in [0.5, 0.6) is 0 Å². The van der Waals surface area contributed by atoms with E-state index in [1.165, 1.54) is 0 Å². The van der Waals surface area contributed by atoms with Gasteiger partial charge >= 0.3 is 0 Å². The zero-order valence-corrected chi connectivity index (χ0v) is 12.1. The van der Waals surface area contributed by atoms with E-state index in [0.717, 1.165) is 25.9 Å². The molecule has 0 atom stereocenters. The molecule has 20 heavy (non-hydrogen) atoms. The molecule has 1 aromatic rings. The van der Waals surface area contributed by atoms with Crippen molar-refractivity contribution < 1.29 is 4.79 Å². The summed E-state index contributed by atoms with van der Waals surface area (Å²) in [5, 5.41) is 5.85. The Bertz CT molecular complexity index is 497. The van der Waals surface area contributed by atoms with Crippen LogP contribution in [0.3, 0.4) is 0 Å². The van der Waals surface area contributed by atoms with Gasteiger partial charge in [-0.05, 0) is 26.7 Å². The van der Waals surface area contributed by atoms with E-state index >= 15 is 0 Å². The molecule has 8 heteroatoms. The molecule has 1 amide bonds. The fourth-order valence-corrected chi connectivity index (χ4v) is 1.93. The highest BCUT2D eigenvalue weighted by atomic mass is 16.1. The van der Waals surface area contributed by atoms with Crippen molar-refractivity contribution in [2.45, 2.75) is 32.2 Å². The van der Waals surface area contributed by atoms with Crippen molar-refractivity contribution >= 4 is 23.8 Å². The number of aromatic nitrogens is 3. The maximum Gasteiger partial charge on any atom is 0.242 e. The highest BCUT2D eigenvalue weighted by Crippen LogP contribution is 2.20. The fraction of sp³-hybridized carbons (Fsp3) is 0.667. The molecule has 4 N–H and O–H groups in total. The van der Waals surface area contributed by atoms with Crippen LogP contribution < -0.4 is 21.3 Å². The minimum Gasteiger partial charge on any atom is -0.368 e. The lowest BCUT2D eigenvalue weighted by Crippen LogP contribution is -2.45. The standard InChI is InChI=1S/C12H21N7O/c1-12(2,8(13)20)18-10-15-9(14-3)16-11(17-10)19-6-4-5-7-19/h4-7H2,1-3H3,(H2,13,20)(H2,14,15,16,17,18). The van der Waals surface area contributed by atoms with Gasteiger partial charge in [-0.1, -0.05) is 0 Å². The summed E-state index contributed by atoms with van der Waals surface area (Å²) in [6, 6.07) is 0. The Hall–Kier alpha value is -2.12. The Morgan fingerprint density at radius 2 is 1.80 bits per heavy atom. The van der Waals surface area contributed by atoms with E-state index in [9.17, 15) is 4.79 Å². The van der Waals surface area contributed by atoms with E-state index in [1.807, 2.05) is 0 Å². The van der Waals surface area contributed by atoms with Crippen LogP contribution in [0.15, 0.2) is 0 Å². The van der Waals surface area contributed by atoms with Gasteiger partial charge in [0.15, 0.2) is 0 Å². The molecule has 0 unspecified atom stereocenters. The summed E-state index contributed by atoms with van der Waals surface area (Å²) in [5.74, 6) is 0.955. The number of hydrogen-bond acceptors (Lipinski definition) is 7. The van der Waals surface area contributed by atoms with Gasteiger partial charge < -0.3 is 21.3 Å². The van der Waals surface area contributed by atoms with Gasteiger partial charge in [-0.2, -0.15) is 15.0 Å². The van der Waals surface area contributed by atoms with Gasteiger partial charge in [0.25, 0.3) is 0 Å². The largest absolute Gasteiger partial charge is 0.368 e. The van der Waals surface area contributed by atoms with Crippen molar-refractivity contribution in [2.75, 3.05) is 35.7 Å².